The number of aryl methyl sites for hydroxylation is 1. The van der Waals surface area contributed by atoms with Gasteiger partial charge in [-0.25, -0.2) is 4.79 Å². The molecule has 1 aromatic heterocycles. The Morgan fingerprint density at radius 1 is 0.909 bits per heavy atom. The maximum absolute atomic E-state index is 12.5. The van der Waals surface area contributed by atoms with Crippen LogP contribution in [-0.2, 0) is 13.0 Å². The first kappa shape index (κ1) is 22.6. The van der Waals surface area contributed by atoms with E-state index < -0.39 is 5.63 Å². The Morgan fingerprint density at radius 3 is 2.24 bits per heavy atom. The van der Waals surface area contributed by atoms with E-state index in [2.05, 4.69) is 0 Å². The minimum Gasteiger partial charge on any atom is -0.507 e. The highest BCUT2D eigenvalue weighted by Gasteiger charge is 2.18. The van der Waals surface area contributed by atoms with Gasteiger partial charge in [0.1, 0.15) is 34.5 Å². The highest BCUT2D eigenvalue weighted by molar-refractivity contribution is 7.99. The molecule has 0 saturated heterocycles. The monoisotopic (exact) mass is 460 g/mol. The van der Waals surface area contributed by atoms with Crippen LogP contribution in [0.2, 0.25) is 0 Å². The molecule has 0 aliphatic rings. The van der Waals surface area contributed by atoms with Crippen LogP contribution in [0.15, 0.2) is 93.0 Å². The summed E-state index contributed by atoms with van der Waals surface area (Å²) in [5.41, 5.74) is 2.36. The third-order valence-corrected chi connectivity index (χ3v) is 6.33. The molecule has 2 N–H and O–H groups in total. The molecule has 4 rings (SSSR count). The summed E-state index contributed by atoms with van der Waals surface area (Å²) in [6, 6.07) is 24.3. The number of ether oxygens (including phenoxy) is 1. The lowest BCUT2D eigenvalue weighted by Crippen LogP contribution is -2.04. The van der Waals surface area contributed by atoms with Gasteiger partial charge >= 0.3 is 5.63 Å². The molecule has 0 saturated carbocycles. The van der Waals surface area contributed by atoms with Crippen molar-refractivity contribution in [1.82, 2.24) is 0 Å². The van der Waals surface area contributed by atoms with Crippen LogP contribution in [0.5, 0.6) is 17.2 Å². The van der Waals surface area contributed by atoms with Crippen LogP contribution >= 0.6 is 11.8 Å². The third-order valence-electron chi connectivity index (χ3n) is 5.25. The maximum atomic E-state index is 12.5. The molecule has 168 valence electrons. The first-order chi connectivity index (χ1) is 16.0. The molecular formula is C27H24O5S. The van der Waals surface area contributed by atoms with Gasteiger partial charge in [0.05, 0.1) is 5.56 Å². The Bertz CT molecular complexity index is 1280. The van der Waals surface area contributed by atoms with Crippen LogP contribution in [-0.4, -0.2) is 16.0 Å². The van der Waals surface area contributed by atoms with Crippen molar-refractivity contribution in [3.8, 4) is 28.6 Å². The van der Waals surface area contributed by atoms with Crippen LogP contribution in [0.1, 0.15) is 16.7 Å². The van der Waals surface area contributed by atoms with E-state index in [1.807, 2.05) is 60.7 Å². The molecular weight excluding hydrogens is 436 g/mol. The van der Waals surface area contributed by atoms with Crippen molar-refractivity contribution < 1.29 is 19.4 Å². The van der Waals surface area contributed by atoms with Crippen molar-refractivity contribution in [1.29, 1.82) is 0 Å². The maximum Gasteiger partial charge on any atom is 0.353 e. The minimum absolute atomic E-state index is 0.0624. The predicted molar refractivity (Wildman–Crippen MR) is 130 cm³/mol. The lowest BCUT2D eigenvalue weighted by Gasteiger charge is -2.13. The molecule has 1 heterocycles. The van der Waals surface area contributed by atoms with Gasteiger partial charge in [0.2, 0.25) is 0 Å². The van der Waals surface area contributed by atoms with E-state index in [-0.39, 0.29) is 22.2 Å². The lowest BCUT2D eigenvalue weighted by molar-refractivity contribution is 0.302. The second-order valence-electron chi connectivity index (χ2n) is 7.56. The fraction of sp³-hybridized carbons (Fsp3) is 0.148. The van der Waals surface area contributed by atoms with Crippen LogP contribution in [0.4, 0.5) is 0 Å². The number of benzene rings is 3. The summed E-state index contributed by atoms with van der Waals surface area (Å²) in [6.07, 6.45) is 0.760. The highest BCUT2D eigenvalue weighted by atomic mass is 32.2. The molecule has 5 nitrogen and oxygen atoms in total. The summed E-state index contributed by atoms with van der Waals surface area (Å²) in [5, 5.41) is 21.2. The van der Waals surface area contributed by atoms with Crippen molar-refractivity contribution in [2.24, 2.45) is 0 Å². The molecule has 0 atom stereocenters. The SMILES string of the molecule is Cc1c(OCc2ccccc2)ccc(-c2cc(O)c(SCCc3ccccc3)c(=O)o2)c1O. The number of hydrogen-bond donors (Lipinski definition) is 2. The second-order valence-corrected chi connectivity index (χ2v) is 8.66. The number of thioether (sulfide) groups is 1. The molecule has 0 bridgehead atoms. The van der Waals surface area contributed by atoms with Gasteiger partial charge in [-0.05, 0) is 36.6 Å². The van der Waals surface area contributed by atoms with E-state index in [0.29, 0.717) is 29.2 Å². The molecule has 0 spiro atoms. The minimum atomic E-state index is -0.635. The normalized spacial score (nSPS) is 10.8. The number of phenols is 1. The van der Waals surface area contributed by atoms with Crippen LogP contribution in [0.3, 0.4) is 0 Å². The molecule has 0 amide bonds. The van der Waals surface area contributed by atoms with Crippen molar-refractivity contribution in [3.05, 3.63) is 106 Å². The van der Waals surface area contributed by atoms with E-state index in [9.17, 15) is 15.0 Å². The first-order valence-corrected chi connectivity index (χ1v) is 11.5. The van der Waals surface area contributed by atoms with Crippen LogP contribution in [0.25, 0.3) is 11.3 Å². The zero-order valence-corrected chi connectivity index (χ0v) is 19.0. The number of rotatable bonds is 8. The largest absolute Gasteiger partial charge is 0.507 e. The number of phenolic OH excluding ortho intramolecular Hbond substituents is 1. The molecule has 4 aromatic rings. The quantitative estimate of drug-likeness (QED) is 0.317. The summed E-state index contributed by atoms with van der Waals surface area (Å²) in [6.45, 7) is 2.09. The number of hydrogen-bond acceptors (Lipinski definition) is 6. The lowest BCUT2D eigenvalue weighted by atomic mass is 10.1. The molecule has 33 heavy (non-hydrogen) atoms. The topological polar surface area (TPSA) is 79.9 Å². The average molecular weight is 461 g/mol. The summed E-state index contributed by atoms with van der Waals surface area (Å²) in [4.78, 5) is 12.7. The second kappa shape index (κ2) is 10.3. The van der Waals surface area contributed by atoms with Gasteiger partial charge in [-0.3, -0.25) is 0 Å². The molecule has 0 radical (unpaired) electrons. The standard InChI is InChI=1S/C27H24O5S/c1-18-23(31-17-20-10-6-3-7-11-20)13-12-21(25(18)29)24-16-22(28)26(27(30)32-24)33-15-14-19-8-4-2-5-9-19/h2-13,16,28-29H,14-15,17H2,1H3. The van der Waals surface area contributed by atoms with Crippen molar-refractivity contribution in [2.75, 3.05) is 5.75 Å². The Labute approximate surface area is 196 Å². The Hall–Kier alpha value is -3.64. The smallest absolute Gasteiger partial charge is 0.353 e. The fourth-order valence-corrected chi connectivity index (χ4v) is 4.33. The summed E-state index contributed by atoms with van der Waals surface area (Å²) in [5.74, 6) is 1.02. The van der Waals surface area contributed by atoms with Gasteiger partial charge in [0.25, 0.3) is 0 Å². The third kappa shape index (κ3) is 5.41. The fourth-order valence-electron chi connectivity index (χ4n) is 3.42. The van der Waals surface area contributed by atoms with Gasteiger partial charge in [-0.2, -0.15) is 0 Å². The van der Waals surface area contributed by atoms with Gasteiger partial charge < -0.3 is 19.4 Å². The molecule has 6 heteroatoms. The van der Waals surface area contributed by atoms with Gasteiger partial charge in [0.15, 0.2) is 0 Å². The van der Waals surface area contributed by atoms with Gasteiger partial charge in [-0.1, -0.05) is 60.7 Å². The Kier molecular flexibility index (Phi) is 7.05. The van der Waals surface area contributed by atoms with Gasteiger partial charge in [0, 0.05) is 17.4 Å². The van der Waals surface area contributed by atoms with Gasteiger partial charge in [-0.15, -0.1) is 11.8 Å². The van der Waals surface area contributed by atoms with E-state index >= 15 is 0 Å². The zero-order chi connectivity index (χ0) is 23.2. The first-order valence-electron chi connectivity index (χ1n) is 10.6. The Balaban J connectivity index is 1.50. The van der Waals surface area contributed by atoms with Crippen LogP contribution in [0, 0.1) is 6.92 Å². The summed E-state index contributed by atoms with van der Waals surface area (Å²) >= 11 is 1.25. The molecule has 3 aromatic carbocycles. The summed E-state index contributed by atoms with van der Waals surface area (Å²) in [7, 11) is 0. The van der Waals surface area contributed by atoms with E-state index in [0.717, 1.165) is 17.5 Å². The Morgan fingerprint density at radius 2 is 1.58 bits per heavy atom. The highest BCUT2D eigenvalue weighted by Crippen LogP contribution is 2.39. The molecule has 0 unspecified atom stereocenters. The van der Waals surface area contributed by atoms with Crippen LogP contribution < -0.4 is 10.4 Å². The van der Waals surface area contributed by atoms with Crippen molar-refractivity contribution >= 4 is 11.8 Å². The summed E-state index contributed by atoms with van der Waals surface area (Å²) < 4.78 is 11.3. The molecule has 0 fully saturated rings. The van der Waals surface area contributed by atoms with Crippen molar-refractivity contribution in [2.45, 2.75) is 24.8 Å². The molecule has 0 aliphatic carbocycles. The van der Waals surface area contributed by atoms with E-state index in [4.69, 9.17) is 9.15 Å². The van der Waals surface area contributed by atoms with Crippen molar-refractivity contribution in [3.63, 3.8) is 0 Å². The average Bonchev–Trinajstić information content (AvgIpc) is 2.83. The molecule has 0 aliphatic heterocycles. The van der Waals surface area contributed by atoms with E-state index in [1.165, 1.54) is 17.8 Å². The van der Waals surface area contributed by atoms with E-state index in [1.54, 1.807) is 19.1 Å². The number of aromatic hydroxyl groups is 2. The predicted octanol–water partition coefficient (Wildman–Crippen LogP) is 5.94. The zero-order valence-electron chi connectivity index (χ0n) is 18.2.